The Labute approximate surface area is 132 Å². The second-order valence-corrected chi connectivity index (χ2v) is 5.83. The number of nitrogens with one attached hydrogen (secondary N) is 1. The lowest BCUT2D eigenvalue weighted by Gasteiger charge is -2.20. The summed E-state index contributed by atoms with van der Waals surface area (Å²) in [7, 11) is 3.36. The molecule has 1 N–H and O–H groups in total. The van der Waals surface area contributed by atoms with E-state index in [1.54, 1.807) is 14.2 Å². The van der Waals surface area contributed by atoms with Crippen molar-refractivity contribution in [3.63, 3.8) is 0 Å². The SMILES string of the molecule is COc1ccc([C@@H]2CNC[C@@H]2Cc2ccccc2)cc1OC. The Hall–Kier alpha value is -2.00. The average Bonchev–Trinajstić information content (AvgIpc) is 3.03. The average molecular weight is 297 g/mol. The van der Waals surface area contributed by atoms with Crippen LogP contribution in [0.15, 0.2) is 48.5 Å². The Morgan fingerprint density at radius 1 is 0.955 bits per heavy atom. The maximum atomic E-state index is 5.44. The molecule has 1 heterocycles. The summed E-state index contributed by atoms with van der Waals surface area (Å²) in [5, 5.41) is 3.54. The van der Waals surface area contributed by atoms with Crippen molar-refractivity contribution in [2.24, 2.45) is 5.92 Å². The number of ether oxygens (including phenoxy) is 2. The predicted octanol–water partition coefficient (Wildman–Crippen LogP) is 3.25. The first kappa shape index (κ1) is 14.9. The molecular weight excluding hydrogens is 274 g/mol. The van der Waals surface area contributed by atoms with Crippen LogP contribution in [0.5, 0.6) is 11.5 Å². The van der Waals surface area contributed by atoms with Gasteiger partial charge in [0.2, 0.25) is 0 Å². The van der Waals surface area contributed by atoms with E-state index in [1.165, 1.54) is 11.1 Å². The summed E-state index contributed by atoms with van der Waals surface area (Å²) in [6.07, 6.45) is 1.10. The van der Waals surface area contributed by atoms with Gasteiger partial charge in [0.1, 0.15) is 0 Å². The molecule has 0 spiro atoms. The fourth-order valence-electron chi connectivity index (χ4n) is 3.34. The Balaban J connectivity index is 1.81. The molecule has 3 rings (SSSR count). The number of rotatable bonds is 5. The quantitative estimate of drug-likeness (QED) is 0.919. The van der Waals surface area contributed by atoms with Crippen LogP contribution in [0.3, 0.4) is 0 Å². The van der Waals surface area contributed by atoms with Crippen LogP contribution in [0.2, 0.25) is 0 Å². The van der Waals surface area contributed by atoms with Crippen molar-refractivity contribution in [2.45, 2.75) is 12.3 Å². The van der Waals surface area contributed by atoms with Gasteiger partial charge in [0.05, 0.1) is 14.2 Å². The van der Waals surface area contributed by atoms with Crippen molar-refractivity contribution in [1.29, 1.82) is 0 Å². The third-order valence-electron chi connectivity index (χ3n) is 4.52. The first-order valence-electron chi connectivity index (χ1n) is 7.78. The van der Waals surface area contributed by atoms with Crippen molar-refractivity contribution in [3.05, 3.63) is 59.7 Å². The van der Waals surface area contributed by atoms with E-state index in [1.807, 2.05) is 6.07 Å². The van der Waals surface area contributed by atoms with E-state index < -0.39 is 0 Å². The van der Waals surface area contributed by atoms with E-state index in [-0.39, 0.29) is 0 Å². The van der Waals surface area contributed by atoms with Crippen molar-refractivity contribution < 1.29 is 9.47 Å². The van der Waals surface area contributed by atoms with Crippen molar-refractivity contribution >= 4 is 0 Å². The van der Waals surface area contributed by atoms with Crippen LogP contribution in [0, 0.1) is 5.92 Å². The van der Waals surface area contributed by atoms with Gasteiger partial charge in [-0.15, -0.1) is 0 Å². The zero-order valence-electron chi connectivity index (χ0n) is 13.2. The third kappa shape index (κ3) is 3.09. The molecule has 0 radical (unpaired) electrons. The van der Waals surface area contributed by atoms with E-state index in [2.05, 4.69) is 47.8 Å². The van der Waals surface area contributed by atoms with E-state index in [9.17, 15) is 0 Å². The highest BCUT2D eigenvalue weighted by molar-refractivity contribution is 5.44. The molecule has 3 nitrogen and oxygen atoms in total. The summed E-state index contributed by atoms with van der Waals surface area (Å²) in [4.78, 5) is 0. The van der Waals surface area contributed by atoms with E-state index in [4.69, 9.17) is 9.47 Å². The van der Waals surface area contributed by atoms with Gasteiger partial charge in [0, 0.05) is 12.5 Å². The van der Waals surface area contributed by atoms with Crippen molar-refractivity contribution in [3.8, 4) is 11.5 Å². The molecule has 0 amide bonds. The number of hydrogen-bond acceptors (Lipinski definition) is 3. The van der Waals surface area contributed by atoms with Crippen LogP contribution in [0.1, 0.15) is 17.0 Å². The standard InChI is InChI=1S/C19H23NO2/c1-21-18-9-8-15(11-19(18)22-2)17-13-20-12-16(17)10-14-6-4-3-5-7-14/h3-9,11,16-17,20H,10,12-13H2,1-2H3/t16-,17-/m0/s1. The molecule has 22 heavy (non-hydrogen) atoms. The zero-order valence-corrected chi connectivity index (χ0v) is 13.2. The molecule has 1 aliphatic heterocycles. The van der Waals surface area contributed by atoms with Gasteiger partial charge >= 0.3 is 0 Å². The smallest absolute Gasteiger partial charge is 0.160 e. The fourth-order valence-corrected chi connectivity index (χ4v) is 3.34. The van der Waals surface area contributed by atoms with E-state index >= 15 is 0 Å². The molecule has 2 aromatic carbocycles. The number of hydrogen-bond donors (Lipinski definition) is 1. The predicted molar refractivity (Wildman–Crippen MR) is 88.8 cm³/mol. The molecule has 0 saturated carbocycles. The Morgan fingerprint density at radius 3 is 2.45 bits per heavy atom. The van der Waals surface area contributed by atoms with E-state index in [0.29, 0.717) is 11.8 Å². The summed E-state index contributed by atoms with van der Waals surface area (Å²) in [6.45, 7) is 2.08. The van der Waals surface area contributed by atoms with Crippen LogP contribution in [0.25, 0.3) is 0 Å². The van der Waals surface area contributed by atoms with Gasteiger partial charge in [-0.1, -0.05) is 36.4 Å². The maximum absolute atomic E-state index is 5.44. The van der Waals surface area contributed by atoms with Gasteiger partial charge in [-0.05, 0) is 42.1 Å². The van der Waals surface area contributed by atoms with Crippen LogP contribution in [-0.2, 0) is 6.42 Å². The van der Waals surface area contributed by atoms with Gasteiger partial charge in [-0.3, -0.25) is 0 Å². The van der Waals surface area contributed by atoms with Crippen LogP contribution in [0.4, 0.5) is 0 Å². The van der Waals surface area contributed by atoms with Gasteiger partial charge in [-0.2, -0.15) is 0 Å². The summed E-state index contributed by atoms with van der Waals surface area (Å²) < 4.78 is 10.8. The third-order valence-corrected chi connectivity index (χ3v) is 4.52. The summed E-state index contributed by atoms with van der Waals surface area (Å²) in [6, 6.07) is 17.0. The number of benzene rings is 2. The molecule has 0 aromatic heterocycles. The fraction of sp³-hybridized carbons (Fsp3) is 0.368. The summed E-state index contributed by atoms with van der Waals surface area (Å²) >= 11 is 0. The monoisotopic (exact) mass is 297 g/mol. The highest BCUT2D eigenvalue weighted by Gasteiger charge is 2.29. The second-order valence-electron chi connectivity index (χ2n) is 5.83. The lowest BCUT2D eigenvalue weighted by Crippen LogP contribution is -2.14. The molecule has 3 heteroatoms. The minimum absolute atomic E-state index is 0.514. The van der Waals surface area contributed by atoms with E-state index in [0.717, 1.165) is 31.0 Å². The molecule has 0 unspecified atom stereocenters. The molecule has 1 aliphatic rings. The van der Waals surface area contributed by atoms with Gasteiger partial charge in [-0.25, -0.2) is 0 Å². The van der Waals surface area contributed by atoms with Crippen LogP contribution in [-0.4, -0.2) is 27.3 Å². The van der Waals surface area contributed by atoms with Crippen molar-refractivity contribution in [2.75, 3.05) is 27.3 Å². The van der Waals surface area contributed by atoms with Crippen LogP contribution < -0.4 is 14.8 Å². The highest BCUT2D eigenvalue weighted by atomic mass is 16.5. The number of methoxy groups -OCH3 is 2. The van der Waals surface area contributed by atoms with Gasteiger partial charge < -0.3 is 14.8 Å². The molecule has 0 aliphatic carbocycles. The molecular formula is C19H23NO2. The second kappa shape index (κ2) is 6.84. The van der Waals surface area contributed by atoms with Crippen molar-refractivity contribution in [1.82, 2.24) is 5.32 Å². The Kier molecular flexibility index (Phi) is 4.64. The lowest BCUT2D eigenvalue weighted by molar-refractivity contribution is 0.354. The Morgan fingerprint density at radius 2 is 1.73 bits per heavy atom. The minimum Gasteiger partial charge on any atom is -0.493 e. The molecule has 116 valence electrons. The zero-order chi connectivity index (χ0) is 15.4. The largest absolute Gasteiger partial charge is 0.493 e. The van der Waals surface area contributed by atoms with Crippen LogP contribution >= 0.6 is 0 Å². The first-order chi connectivity index (χ1) is 10.8. The Bertz CT molecular complexity index is 612. The normalized spacial score (nSPS) is 20.8. The highest BCUT2D eigenvalue weighted by Crippen LogP contribution is 2.36. The summed E-state index contributed by atoms with van der Waals surface area (Å²) in [5.74, 6) is 2.72. The molecule has 2 aromatic rings. The minimum atomic E-state index is 0.514. The van der Waals surface area contributed by atoms with Gasteiger partial charge in [0.15, 0.2) is 11.5 Å². The molecule has 2 atom stereocenters. The molecule has 1 saturated heterocycles. The molecule has 1 fully saturated rings. The lowest BCUT2D eigenvalue weighted by atomic mass is 9.84. The first-order valence-corrected chi connectivity index (χ1v) is 7.78. The molecule has 0 bridgehead atoms. The summed E-state index contributed by atoms with van der Waals surface area (Å²) in [5.41, 5.74) is 2.73. The van der Waals surface area contributed by atoms with Gasteiger partial charge in [0.25, 0.3) is 0 Å². The maximum Gasteiger partial charge on any atom is 0.160 e. The topological polar surface area (TPSA) is 30.5 Å².